The van der Waals surface area contributed by atoms with Crippen LogP contribution < -0.4 is 14.4 Å². The summed E-state index contributed by atoms with van der Waals surface area (Å²) in [6, 6.07) is 26.9. The Bertz CT molecular complexity index is 951. The van der Waals surface area contributed by atoms with Crippen molar-refractivity contribution >= 4 is 28.3 Å². The molecule has 2 atom stereocenters. The van der Waals surface area contributed by atoms with Crippen LogP contribution in [0.2, 0.25) is 0 Å². The van der Waals surface area contributed by atoms with E-state index < -0.39 is 0 Å². The largest absolute Gasteiger partial charge is 0.490 e. The molecule has 0 radical (unpaired) electrons. The van der Waals surface area contributed by atoms with Gasteiger partial charge in [0.05, 0.1) is 13.2 Å². The SMILES string of the molecule is CCCOc1ccc(I)cc1O[C@@H](c1ccccc1)C1CN(c2ccccc2)CCO1. The van der Waals surface area contributed by atoms with E-state index in [4.69, 9.17) is 14.2 Å². The number of morpholine rings is 1. The third-order valence-corrected chi connectivity index (χ3v) is 5.97. The third-order valence-electron chi connectivity index (χ3n) is 5.30. The van der Waals surface area contributed by atoms with Crippen LogP contribution in [0.1, 0.15) is 25.0 Å². The normalized spacial score (nSPS) is 17.2. The zero-order chi connectivity index (χ0) is 21.5. The van der Waals surface area contributed by atoms with Crippen molar-refractivity contribution in [2.45, 2.75) is 25.6 Å². The molecule has 3 aromatic rings. The number of hydrogen-bond donors (Lipinski definition) is 0. The van der Waals surface area contributed by atoms with Gasteiger partial charge in [0, 0.05) is 22.3 Å². The Hall–Kier alpha value is -2.25. The number of ether oxygens (including phenoxy) is 3. The number of anilines is 1. The fourth-order valence-corrected chi connectivity index (χ4v) is 4.24. The van der Waals surface area contributed by atoms with E-state index in [-0.39, 0.29) is 12.2 Å². The quantitative estimate of drug-likeness (QED) is 0.330. The monoisotopic (exact) mass is 529 g/mol. The first kappa shape index (κ1) is 22.0. The highest BCUT2D eigenvalue weighted by molar-refractivity contribution is 14.1. The smallest absolute Gasteiger partial charge is 0.163 e. The Labute approximate surface area is 198 Å². The molecule has 1 unspecified atom stereocenters. The average Bonchev–Trinajstić information content (AvgIpc) is 2.83. The summed E-state index contributed by atoms with van der Waals surface area (Å²) in [5.74, 6) is 1.54. The van der Waals surface area contributed by atoms with Crippen molar-refractivity contribution in [1.29, 1.82) is 0 Å². The number of rotatable bonds is 8. The van der Waals surface area contributed by atoms with Crippen LogP contribution in [0.4, 0.5) is 5.69 Å². The van der Waals surface area contributed by atoms with Crippen LogP contribution in [0, 0.1) is 3.57 Å². The highest BCUT2D eigenvalue weighted by Crippen LogP contribution is 2.36. The van der Waals surface area contributed by atoms with Gasteiger partial charge >= 0.3 is 0 Å². The lowest BCUT2D eigenvalue weighted by Crippen LogP contribution is -2.46. The molecule has 1 aliphatic heterocycles. The summed E-state index contributed by atoms with van der Waals surface area (Å²) in [6.45, 7) is 5.06. The molecule has 0 spiro atoms. The predicted octanol–water partition coefficient (Wildman–Crippen LogP) is 6.11. The fraction of sp³-hybridized carbons (Fsp3) is 0.308. The minimum absolute atomic E-state index is 0.103. The van der Waals surface area contributed by atoms with Crippen molar-refractivity contribution < 1.29 is 14.2 Å². The molecule has 1 heterocycles. The van der Waals surface area contributed by atoms with Crippen LogP contribution >= 0.6 is 22.6 Å². The summed E-state index contributed by atoms with van der Waals surface area (Å²) in [7, 11) is 0. The van der Waals surface area contributed by atoms with E-state index in [0.29, 0.717) is 13.2 Å². The summed E-state index contributed by atoms with van der Waals surface area (Å²) in [5.41, 5.74) is 2.31. The molecule has 0 aliphatic carbocycles. The van der Waals surface area contributed by atoms with Crippen molar-refractivity contribution in [3.05, 3.63) is 88.0 Å². The van der Waals surface area contributed by atoms with Gasteiger partial charge < -0.3 is 19.1 Å². The second-order valence-corrected chi connectivity index (χ2v) is 8.83. The van der Waals surface area contributed by atoms with Gasteiger partial charge in [-0.3, -0.25) is 0 Å². The summed E-state index contributed by atoms with van der Waals surface area (Å²) >= 11 is 2.31. The van der Waals surface area contributed by atoms with Gasteiger partial charge in [0.2, 0.25) is 0 Å². The standard InChI is InChI=1S/C26H28INO3/c1-2-16-29-23-14-13-21(27)18-24(23)31-26(20-9-5-3-6-10-20)25-19-28(15-17-30-25)22-11-7-4-8-12-22/h3-14,18,25-26H,2,15-17,19H2,1H3/t25?,26-/m0/s1. The maximum Gasteiger partial charge on any atom is 0.163 e. The van der Waals surface area contributed by atoms with Gasteiger partial charge in [0.25, 0.3) is 0 Å². The minimum Gasteiger partial charge on any atom is -0.490 e. The van der Waals surface area contributed by atoms with Crippen LogP contribution in [0.5, 0.6) is 11.5 Å². The topological polar surface area (TPSA) is 30.9 Å². The maximum absolute atomic E-state index is 6.65. The van der Waals surface area contributed by atoms with E-state index in [1.54, 1.807) is 0 Å². The zero-order valence-corrected chi connectivity index (χ0v) is 19.9. The zero-order valence-electron chi connectivity index (χ0n) is 17.7. The van der Waals surface area contributed by atoms with Gasteiger partial charge in [0.1, 0.15) is 6.10 Å². The molecule has 0 bridgehead atoms. The van der Waals surface area contributed by atoms with Crippen LogP contribution in [0.25, 0.3) is 0 Å². The Balaban J connectivity index is 1.62. The second kappa shape index (κ2) is 10.9. The minimum atomic E-state index is -0.241. The molecule has 162 valence electrons. The first-order valence-electron chi connectivity index (χ1n) is 10.8. The summed E-state index contributed by atoms with van der Waals surface area (Å²) < 4.78 is 20.0. The molecule has 5 heteroatoms. The third kappa shape index (κ3) is 5.71. The highest BCUT2D eigenvalue weighted by Gasteiger charge is 2.32. The van der Waals surface area contributed by atoms with Crippen molar-refractivity contribution in [3.63, 3.8) is 0 Å². The van der Waals surface area contributed by atoms with Crippen molar-refractivity contribution in [3.8, 4) is 11.5 Å². The Morgan fingerprint density at radius 3 is 2.48 bits per heavy atom. The Morgan fingerprint density at radius 1 is 1.00 bits per heavy atom. The molecular formula is C26H28INO3. The van der Waals surface area contributed by atoms with E-state index in [2.05, 4.69) is 70.8 Å². The van der Waals surface area contributed by atoms with Gasteiger partial charge in [-0.15, -0.1) is 0 Å². The van der Waals surface area contributed by atoms with Crippen molar-refractivity contribution in [2.24, 2.45) is 0 Å². The summed E-state index contributed by atoms with van der Waals surface area (Å²) in [5, 5.41) is 0. The van der Waals surface area contributed by atoms with Gasteiger partial charge in [-0.2, -0.15) is 0 Å². The lowest BCUT2D eigenvalue weighted by molar-refractivity contribution is -0.0357. The van der Waals surface area contributed by atoms with Gasteiger partial charge in [-0.25, -0.2) is 0 Å². The molecule has 0 amide bonds. The first-order valence-corrected chi connectivity index (χ1v) is 11.9. The van der Waals surface area contributed by atoms with E-state index in [1.165, 1.54) is 5.69 Å². The van der Waals surface area contributed by atoms with Crippen LogP contribution in [-0.4, -0.2) is 32.4 Å². The first-order chi connectivity index (χ1) is 15.2. The predicted molar refractivity (Wildman–Crippen MR) is 133 cm³/mol. The molecule has 1 aliphatic rings. The van der Waals surface area contributed by atoms with Crippen LogP contribution in [0.15, 0.2) is 78.9 Å². The molecule has 4 rings (SSSR count). The molecule has 0 saturated carbocycles. The number of para-hydroxylation sites is 1. The van der Waals surface area contributed by atoms with Crippen molar-refractivity contribution in [1.82, 2.24) is 0 Å². The lowest BCUT2D eigenvalue weighted by atomic mass is 10.0. The van der Waals surface area contributed by atoms with Gasteiger partial charge in [0.15, 0.2) is 17.6 Å². The van der Waals surface area contributed by atoms with E-state index in [1.807, 2.05) is 42.5 Å². The lowest BCUT2D eigenvalue weighted by Gasteiger charge is -2.38. The van der Waals surface area contributed by atoms with Crippen molar-refractivity contribution in [2.75, 3.05) is 31.2 Å². The van der Waals surface area contributed by atoms with E-state index in [0.717, 1.165) is 40.1 Å². The van der Waals surface area contributed by atoms with E-state index >= 15 is 0 Å². The molecule has 3 aromatic carbocycles. The van der Waals surface area contributed by atoms with E-state index in [9.17, 15) is 0 Å². The number of halogens is 1. The van der Waals surface area contributed by atoms with Gasteiger partial charge in [-0.1, -0.05) is 55.5 Å². The Kier molecular flexibility index (Phi) is 7.70. The maximum atomic E-state index is 6.65. The molecule has 1 saturated heterocycles. The molecule has 0 aromatic heterocycles. The highest BCUT2D eigenvalue weighted by atomic mass is 127. The summed E-state index contributed by atoms with van der Waals surface area (Å²) in [6.07, 6.45) is 0.605. The number of benzene rings is 3. The van der Waals surface area contributed by atoms with Crippen LogP contribution in [-0.2, 0) is 4.74 Å². The molecule has 31 heavy (non-hydrogen) atoms. The molecule has 4 nitrogen and oxygen atoms in total. The molecular weight excluding hydrogens is 501 g/mol. The van der Waals surface area contributed by atoms with Gasteiger partial charge in [-0.05, 0) is 64.9 Å². The number of nitrogens with zero attached hydrogens (tertiary/aromatic N) is 1. The molecule has 1 fully saturated rings. The summed E-state index contributed by atoms with van der Waals surface area (Å²) in [4.78, 5) is 2.37. The second-order valence-electron chi connectivity index (χ2n) is 7.58. The number of hydrogen-bond acceptors (Lipinski definition) is 4. The average molecular weight is 529 g/mol. The van der Waals surface area contributed by atoms with Crippen LogP contribution in [0.3, 0.4) is 0 Å². The molecule has 0 N–H and O–H groups in total. The fourth-order valence-electron chi connectivity index (χ4n) is 3.78. The Morgan fingerprint density at radius 2 is 1.74 bits per heavy atom.